The Kier molecular flexibility index (Phi) is 8.72. The lowest BCUT2D eigenvalue weighted by atomic mass is 10.0. The summed E-state index contributed by atoms with van der Waals surface area (Å²) in [5.41, 5.74) is 13.6. The Morgan fingerprint density at radius 2 is 0.843 bits per heavy atom. The van der Waals surface area contributed by atoms with Gasteiger partial charge in [-0.25, -0.2) is 0 Å². The first-order valence-electron chi connectivity index (χ1n) is 17.4. The van der Waals surface area contributed by atoms with Crippen LogP contribution < -0.4 is 4.90 Å². The molecule has 0 radical (unpaired) electrons. The van der Waals surface area contributed by atoms with Gasteiger partial charge in [-0.15, -0.1) is 0 Å². The fourth-order valence-corrected chi connectivity index (χ4v) is 6.92. The van der Waals surface area contributed by atoms with Gasteiger partial charge in [-0.05, 0) is 94.9 Å². The van der Waals surface area contributed by atoms with Crippen molar-refractivity contribution >= 4 is 50.1 Å². The van der Waals surface area contributed by atoms with Crippen molar-refractivity contribution in [3.8, 4) is 22.3 Å². The van der Waals surface area contributed by atoms with Crippen LogP contribution >= 0.6 is 0 Å². The monoisotopic (exact) mass is 654 g/mol. The highest BCUT2D eigenvalue weighted by atomic mass is 15.1. The summed E-state index contributed by atoms with van der Waals surface area (Å²) < 4.78 is 2.33. The molecule has 244 valence electrons. The van der Waals surface area contributed by atoms with Gasteiger partial charge < -0.3 is 9.47 Å². The zero-order valence-corrected chi connectivity index (χ0v) is 28.7. The molecule has 0 saturated carbocycles. The molecule has 8 rings (SSSR count). The third-order valence-corrected chi connectivity index (χ3v) is 9.55. The van der Waals surface area contributed by atoms with Gasteiger partial charge in [0.15, 0.2) is 0 Å². The molecule has 0 spiro atoms. The van der Waals surface area contributed by atoms with Crippen LogP contribution in [0, 0.1) is 0 Å². The Hall–Kier alpha value is -6.64. The molecular formula is C49H38N2. The lowest BCUT2D eigenvalue weighted by Crippen LogP contribution is -2.09. The number of hydrogen-bond acceptors (Lipinski definition) is 1. The molecule has 0 atom stereocenters. The highest BCUT2D eigenvalue weighted by Crippen LogP contribution is 2.38. The van der Waals surface area contributed by atoms with Crippen LogP contribution in [0.1, 0.15) is 12.5 Å². The lowest BCUT2D eigenvalue weighted by molar-refractivity contribution is 1.23. The third-order valence-electron chi connectivity index (χ3n) is 9.55. The number of anilines is 3. The van der Waals surface area contributed by atoms with E-state index in [1.807, 2.05) is 0 Å². The second kappa shape index (κ2) is 14.1. The van der Waals surface area contributed by atoms with Crippen LogP contribution in [0.25, 0.3) is 55.3 Å². The molecule has 0 saturated heterocycles. The predicted octanol–water partition coefficient (Wildman–Crippen LogP) is 13.7. The molecule has 0 bridgehead atoms. The smallest absolute Gasteiger partial charge is 0.0540 e. The number of nitrogens with zero attached hydrogens (tertiary/aromatic N) is 2. The minimum absolute atomic E-state index is 0.952. The quantitative estimate of drug-likeness (QED) is 0.141. The van der Waals surface area contributed by atoms with E-state index in [0.29, 0.717) is 0 Å². The first kappa shape index (κ1) is 31.6. The van der Waals surface area contributed by atoms with E-state index in [0.717, 1.165) is 33.9 Å². The van der Waals surface area contributed by atoms with Gasteiger partial charge in [-0.1, -0.05) is 152 Å². The molecule has 0 amide bonds. The van der Waals surface area contributed by atoms with Crippen molar-refractivity contribution in [1.29, 1.82) is 0 Å². The van der Waals surface area contributed by atoms with Gasteiger partial charge in [0.2, 0.25) is 0 Å². The molecule has 7 aromatic carbocycles. The first-order valence-corrected chi connectivity index (χ1v) is 17.4. The summed E-state index contributed by atoms with van der Waals surface area (Å²) in [7, 11) is 0. The Morgan fingerprint density at radius 1 is 0.451 bits per heavy atom. The molecule has 1 aromatic heterocycles. The fraction of sp³-hybridized carbons (Fsp3) is 0.0204. The van der Waals surface area contributed by atoms with Crippen molar-refractivity contribution < 1.29 is 0 Å². The van der Waals surface area contributed by atoms with Crippen LogP contribution in [-0.2, 0) is 0 Å². The molecule has 2 heteroatoms. The molecule has 0 aliphatic carbocycles. The van der Waals surface area contributed by atoms with E-state index in [1.54, 1.807) is 0 Å². The Balaban J connectivity index is 1.10. The van der Waals surface area contributed by atoms with Crippen molar-refractivity contribution in [2.45, 2.75) is 6.92 Å². The second-order valence-corrected chi connectivity index (χ2v) is 12.6. The molecule has 0 aliphatic rings. The maximum Gasteiger partial charge on any atom is 0.0540 e. The average molecular weight is 655 g/mol. The van der Waals surface area contributed by atoms with E-state index < -0.39 is 0 Å². The Labute approximate surface area is 300 Å². The molecule has 0 unspecified atom stereocenters. The van der Waals surface area contributed by atoms with E-state index in [9.17, 15) is 0 Å². The average Bonchev–Trinajstić information content (AvgIpc) is 3.54. The van der Waals surface area contributed by atoms with Crippen LogP contribution in [0.3, 0.4) is 0 Å². The summed E-state index contributed by atoms with van der Waals surface area (Å²) >= 11 is 0. The van der Waals surface area contributed by atoms with E-state index in [2.05, 4.69) is 223 Å². The molecule has 1 heterocycles. The minimum atomic E-state index is 0.952. The number of allylic oxidation sites excluding steroid dienone is 5. The summed E-state index contributed by atoms with van der Waals surface area (Å²) in [5, 5.41) is 2.51. The summed E-state index contributed by atoms with van der Waals surface area (Å²) in [4.78, 5) is 2.31. The van der Waals surface area contributed by atoms with Crippen molar-refractivity contribution in [1.82, 2.24) is 4.57 Å². The Bertz CT molecular complexity index is 2360. The number of hydrogen-bond donors (Lipinski definition) is 0. The summed E-state index contributed by atoms with van der Waals surface area (Å²) in [6.45, 7) is 6.56. The van der Waals surface area contributed by atoms with Crippen LogP contribution in [0.4, 0.5) is 17.1 Å². The zero-order valence-electron chi connectivity index (χ0n) is 28.7. The van der Waals surface area contributed by atoms with Crippen molar-refractivity contribution in [3.05, 3.63) is 212 Å². The number of aromatic nitrogens is 1. The zero-order chi connectivity index (χ0) is 34.6. The number of fused-ring (bicyclic) bond motifs is 3. The predicted molar refractivity (Wildman–Crippen MR) is 220 cm³/mol. The first-order chi connectivity index (χ1) is 25.2. The van der Waals surface area contributed by atoms with E-state index >= 15 is 0 Å². The van der Waals surface area contributed by atoms with Gasteiger partial charge in [0.25, 0.3) is 0 Å². The third kappa shape index (κ3) is 6.32. The largest absolute Gasteiger partial charge is 0.311 e. The fourth-order valence-electron chi connectivity index (χ4n) is 6.92. The molecule has 0 fully saturated rings. The van der Waals surface area contributed by atoms with Crippen molar-refractivity contribution in [2.75, 3.05) is 4.90 Å². The van der Waals surface area contributed by atoms with Crippen LogP contribution in [-0.4, -0.2) is 4.57 Å². The number of rotatable bonds is 9. The molecule has 0 N–H and O–H groups in total. The van der Waals surface area contributed by atoms with Gasteiger partial charge in [0.1, 0.15) is 0 Å². The number of benzene rings is 7. The molecular weight excluding hydrogens is 617 g/mol. The van der Waals surface area contributed by atoms with E-state index in [-0.39, 0.29) is 0 Å². The molecule has 2 nitrogen and oxygen atoms in total. The topological polar surface area (TPSA) is 8.17 Å². The lowest BCUT2D eigenvalue weighted by Gasteiger charge is -2.26. The van der Waals surface area contributed by atoms with Gasteiger partial charge in [0, 0.05) is 33.5 Å². The van der Waals surface area contributed by atoms with E-state index in [1.165, 1.54) is 44.1 Å². The molecule has 0 aliphatic heterocycles. The second-order valence-electron chi connectivity index (χ2n) is 12.6. The van der Waals surface area contributed by atoms with Crippen LogP contribution in [0.5, 0.6) is 0 Å². The van der Waals surface area contributed by atoms with Gasteiger partial charge in [0.05, 0.1) is 11.0 Å². The van der Waals surface area contributed by atoms with E-state index in [4.69, 9.17) is 0 Å². The maximum absolute atomic E-state index is 4.47. The Morgan fingerprint density at radius 3 is 1.29 bits per heavy atom. The highest BCUT2D eigenvalue weighted by molar-refractivity contribution is 6.10. The van der Waals surface area contributed by atoms with Crippen LogP contribution in [0.15, 0.2) is 207 Å². The van der Waals surface area contributed by atoms with Crippen molar-refractivity contribution in [3.63, 3.8) is 0 Å². The molecule has 51 heavy (non-hydrogen) atoms. The highest BCUT2D eigenvalue weighted by Gasteiger charge is 2.15. The minimum Gasteiger partial charge on any atom is -0.311 e. The van der Waals surface area contributed by atoms with Crippen molar-refractivity contribution in [2.24, 2.45) is 0 Å². The number of para-hydroxylation sites is 2. The summed E-state index contributed by atoms with van der Waals surface area (Å²) in [6, 6.07) is 64.6. The maximum atomic E-state index is 4.47. The van der Waals surface area contributed by atoms with Gasteiger partial charge in [-0.3, -0.25) is 0 Å². The van der Waals surface area contributed by atoms with Gasteiger partial charge >= 0.3 is 0 Å². The van der Waals surface area contributed by atoms with Crippen LogP contribution in [0.2, 0.25) is 0 Å². The normalized spacial score (nSPS) is 11.7. The van der Waals surface area contributed by atoms with Gasteiger partial charge in [-0.2, -0.15) is 0 Å². The molecule has 8 aromatic rings. The standard InChI is InChI=1S/C49H38N2/c1-3-42(51-48-20-12-10-18-46(48)47-19-11-13-21-49(47)51)29-22-36(2)37-23-30-43(31-24-37)50(44-32-25-40(26-33-44)38-14-6-4-7-15-38)45-34-27-41(28-35-45)39-16-8-5-9-17-39/h3-35H,2H2,1H3/b29-22-,42-3+. The SMILES string of the molecule is C=C(/C=C\C(=C/C)n1c2ccccc2c2ccccc21)c1ccc(N(c2ccc(-c3ccccc3)cc2)c2ccc(-c3ccccc3)cc2)cc1. The summed E-state index contributed by atoms with van der Waals surface area (Å²) in [6.07, 6.45) is 6.45. The summed E-state index contributed by atoms with van der Waals surface area (Å²) in [5.74, 6) is 0.